The van der Waals surface area contributed by atoms with Crippen LogP contribution in [-0.2, 0) is 14.3 Å². The molecule has 1 aliphatic heterocycles. The number of hydrogen-bond acceptors (Lipinski definition) is 5. The molecule has 19 heavy (non-hydrogen) atoms. The van der Waals surface area contributed by atoms with E-state index < -0.39 is 12.1 Å². The number of methoxy groups -OCH3 is 1. The van der Waals surface area contributed by atoms with Crippen molar-refractivity contribution in [3.05, 3.63) is 0 Å². The number of carbonyl (C=O) groups is 2. The first-order valence-electron chi connectivity index (χ1n) is 6.56. The maximum absolute atomic E-state index is 11.8. The van der Waals surface area contributed by atoms with Crippen molar-refractivity contribution in [3.63, 3.8) is 0 Å². The zero-order chi connectivity index (χ0) is 14.1. The lowest BCUT2D eigenvalue weighted by atomic mass is 10.2. The Morgan fingerprint density at radius 1 is 1.42 bits per heavy atom. The van der Waals surface area contributed by atoms with Gasteiger partial charge in [-0.05, 0) is 19.5 Å². The molecule has 1 rings (SSSR count). The summed E-state index contributed by atoms with van der Waals surface area (Å²) in [7, 11) is 1.44. The zero-order valence-electron chi connectivity index (χ0n) is 11.4. The molecule has 3 N–H and O–H groups in total. The number of ether oxygens (including phenoxy) is 1. The third kappa shape index (κ3) is 7.09. The number of amides is 1. The molecule has 0 aromatic heterocycles. The van der Waals surface area contributed by atoms with Gasteiger partial charge in [0.05, 0.1) is 19.1 Å². The zero-order valence-corrected chi connectivity index (χ0v) is 11.4. The van der Waals surface area contributed by atoms with Gasteiger partial charge in [-0.3, -0.25) is 14.5 Å². The van der Waals surface area contributed by atoms with Crippen LogP contribution in [0.25, 0.3) is 0 Å². The van der Waals surface area contributed by atoms with Crippen LogP contribution in [0.2, 0.25) is 0 Å². The number of carboxylic acids is 1. The molecule has 110 valence electrons. The van der Waals surface area contributed by atoms with Crippen LogP contribution in [0.4, 0.5) is 0 Å². The molecule has 1 fully saturated rings. The molecule has 0 aromatic carbocycles. The van der Waals surface area contributed by atoms with Crippen LogP contribution in [0, 0.1) is 0 Å². The molecule has 1 unspecified atom stereocenters. The van der Waals surface area contributed by atoms with Gasteiger partial charge in [-0.25, -0.2) is 0 Å². The highest BCUT2D eigenvalue weighted by Gasteiger charge is 2.16. The first-order valence-corrected chi connectivity index (χ1v) is 6.56. The second kappa shape index (κ2) is 8.84. The van der Waals surface area contributed by atoms with Gasteiger partial charge in [0.15, 0.2) is 0 Å². The van der Waals surface area contributed by atoms with Crippen molar-refractivity contribution in [2.75, 3.05) is 46.4 Å². The van der Waals surface area contributed by atoms with Gasteiger partial charge >= 0.3 is 5.97 Å². The highest BCUT2D eigenvalue weighted by molar-refractivity contribution is 5.78. The number of hydrogen-bond donors (Lipinski definition) is 3. The largest absolute Gasteiger partial charge is 0.481 e. The molecule has 0 aromatic rings. The summed E-state index contributed by atoms with van der Waals surface area (Å²) in [6.45, 7) is 4.23. The first kappa shape index (κ1) is 15.9. The Morgan fingerprint density at radius 3 is 2.89 bits per heavy atom. The monoisotopic (exact) mass is 273 g/mol. The van der Waals surface area contributed by atoms with Crippen LogP contribution < -0.4 is 10.6 Å². The van der Waals surface area contributed by atoms with E-state index >= 15 is 0 Å². The number of aliphatic carboxylic acids is 1. The molecule has 0 spiro atoms. The summed E-state index contributed by atoms with van der Waals surface area (Å²) in [5.41, 5.74) is 0. The van der Waals surface area contributed by atoms with Gasteiger partial charge < -0.3 is 20.5 Å². The molecular weight excluding hydrogens is 250 g/mol. The lowest BCUT2D eigenvalue weighted by Crippen LogP contribution is -2.42. The second-order valence-electron chi connectivity index (χ2n) is 4.64. The first-order chi connectivity index (χ1) is 9.11. The van der Waals surface area contributed by atoms with Crippen LogP contribution in [0.5, 0.6) is 0 Å². The van der Waals surface area contributed by atoms with Gasteiger partial charge in [-0.15, -0.1) is 0 Å². The summed E-state index contributed by atoms with van der Waals surface area (Å²) < 4.78 is 5.00. The maximum Gasteiger partial charge on any atom is 0.306 e. The molecule has 0 bridgehead atoms. The van der Waals surface area contributed by atoms with Crippen LogP contribution >= 0.6 is 0 Å². The predicted octanol–water partition coefficient (Wildman–Crippen LogP) is -1.11. The van der Waals surface area contributed by atoms with Gasteiger partial charge in [0.1, 0.15) is 0 Å². The number of carboxylic acid groups (broad SMARTS) is 1. The molecule has 0 saturated carbocycles. The average molecular weight is 273 g/mol. The van der Waals surface area contributed by atoms with Crippen molar-refractivity contribution < 1.29 is 19.4 Å². The van der Waals surface area contributed by atoms with Gasteiger partial charge in [0, 0.05) is 26.7 Å². The van der Waals surface area contributed by atoms with Crippen LogP contribution in [0.1, 0.15) is 12.8 Å². The molecule has 7 heteroatoms. The summed E-state index contributed by atoms with van der Waals surface area (Å²) in [6.07, 6.45) is 0.449. The fourth-order valence-corrected chi connectivity index (χ4v) is 1.98. The van der Waals surface area contributed by atoms with Gasteiger partial charge in [-0.1, -0.05) is 0 Å². The van der Waals surface area contributed by atoms with Crippen molar-refractivity contribution in [2.24, 2.45) is 0 Å². The quantitative estimate of drug-likeness (QED) is 0.545. The highest BCUT2D eigenvalue weighted by atomic mass is 16.5. The number of rotatable bonds is 7. The van der Waals surface area contributed by atoms with Crippen molar-refractivity contribution in [3.8, 4) is 0 Å². The van der Waals surface area contributed by atoms with Gasteiger partial charge in [0.25, 0.3) is 0 Å². The minimum atomic E-state index is -0.931. The Labute approximate surface area is 113 Å². The Hall–Kier alpha value is -1.18. The number of carbonyl (C=O) groups excluding carboxylic acids is 1. The van der Waals surface area contributed by atoms with E-state index in [2.05, 4.69) is 15.5 Å². The second-order valence-corrected chi connectivity index (χ2v) is 4.64. The summed E-state index contributed by atoms with van der Waals surface area (Å²) >= 11 is 0. The van der Waals surface area contributed by atoms with E-state index in [1.165, 1.54) is 7.11 Å². The van der Waals surface area contributed by atoms with Crippen molar-refractivity contribution >= 4 is 11.9 Å². The summed E-state index contributed by atoms with van der Waals surface area (Å²) in [5.74, 6) is -1.02. The molecular formula is C12H23N3O4. The molecule has 7 nitrogen and oxygen atoms in total. The lowest BCUT2D eigenvalue weighted by Gasteiger charge is -2.20. The SMILES string of the molecule is COC(CNC(=O)CN1CCCNCC1)CC(=O)O. The molecule has 1 saturated heterocycles. The van der Waals surface area contributed by atoms with Crippen LogP contribution in [0.3, 0.4) is 0 Å². The molecule has 1 heterocycles. The average Bonchev–Trinajstić information content (AvgIpc) is 2.62. The fourth-order valence-electron chi connectivity index (χ4n) is 1.98. The van der Waals surface area contributed by atoms with E-state index in [0.717, 1.165) is 32.6 Å². The Balaban J connectivity index is 2.23. The van der Waals surface area contributed by atoms with Gasteiger partial charge in [0.2, 0.25) is 5.91 Å². The molecule has 0 aliphatic carbocycles. The Morgan fingerprint density at radius 2 is 2.21 bits per heavy atom. The fraction of sp³-hybridized carbons (Fsp3) is 0.833. The molecule has 1 atom stereocenters. The van der Waals surface area contributed by atoms with E-state index in [-0.39, 0.29) is 18.9 Å². The minimum absolute atomic E-state index is 0.0886. The molecule has 0 radical (unpaired) electrons. The summed E-state index contributed by atoms with van der Waals surface area (Å²) in [6, 6.07) is 0. The van der Waals surface area contributed by atoms with E-state index in [9.17, 15) is 9.59 Å². The topological polar surface area (TPSA) is 90.9 Å². The van der Waals surface area contributed by atoms with E-state index in [4.69, 9.17) is 9.84 Å². The van der Waals surface area contributed by atoms with Crippen molar-refractivity contribution in [2.45, 2.75) is 18.9 Å². The van der Waals surface area contributed by atoms with Gasteiger partial charge in [-0.2, -0.15) is 0 Å². The normalized spacial score (nSPS) is 18.6. The lowest BCUT2D eigenvalue weighted by molar-refractivity contribution is -0.140. The highest BCUT2D eigenvalue weighted by Crippen LogP contribution is 1.97. The predicted molar refractivity (Wildman–Crippen MR) is 70.0 cm³/mol. The van der Waals surface area contributed by atoms with E-state index in [0.29, 0.717) is 6.54 Å². The summed E-state index contributed by atoms with van der Waals surface area (Å²) in [4.78, 5) is 24.4. The molecule has 1 amide bonds. The maximum atomic E-state index is 11.8. The third-order valence-electron chi connectivity index (χ3n) is 3.06. The molecule has 1 aliphatic rings. The summed E-state index contributed by atoms with van der Waals surface area (Å²) in [5, 5.41) is 14.7. The number of nitrogens with one attached hydrogen (secondary N) is 2. The van der Waals surface area contributed by atoms with E-state index in [1.807, 2.05) is 0 Å². The van der Waals surface area contributed by atoms with Crippen molar-refractivity contribution in [1.82, 2.24) is 15.5 Å². The van der Waals surface area contributed by atoms with E-state index in [1.54, 1.807) is 0 Å². The third-order valence-corrected chi connectivity index (χ3v) is 3.06. The van der Waals surface area contributed by atoms with Crippen LogP contribution in [0.15, 0.2) is 0 Å². The Bertz CT molecular complexity index is 291. The standard InChI is InChI=1S/C12H23N3O4/c1-19-10(7-12(17)18)8-14-11(16)9-15-5-2-3-13-4-6-15/h10,13H,2-9H2,1H3,(H,14,16)(H,17,18). The minimum Gasteiger partial charge on any atom is -0.481 e. The Kier molecular flexibility index (Phi) is 7.39. The number of nitrogens with zero attached hydrogens (tertiary/aromatic N) is 1. The van der Waals surface area contributed by atoms with Crippen LogP contribution in [-0.4, -0.2) is 74.4 Å². The smallest absolute Gasteiger partial charge is 0.306 e. The van der Waals surface area contributed by atoms with Crippen molar-refractivity contribution in [1.29, 1.82) is 0 Å².